The molecule has 0 heterocycles. The van der Waals surface area contributed by atoms with Crippen molar-refractivity contribution in [3.63, 3.8) is 0 Å². The highest BCUT2D eigenvalue weighted by molar-refractivity contribution is 9.10. The minimum Gasteiger partial charge on any atom is -0.456 e. The Morgan fingerprint density at radius 1 is 1.11 bits per heavy atom. The van der Waals surface area contributed by atoms with E-state index >= 15 is 0 Å². The van der Waals surface area contributed by atoms with Crippen molar-refractivity contribution in [2.24, 2.45) is 0 Å². The predicted molar refractivity (Wildman–Crippen MR) is 70.6 cm³/mol. The van der Waals surface area contributed by atoms with Crippen LogP contribution in [0.15, 0.2) is 40.9 Å². The van der Waals surface area contributed by atoms with Crippen LogP contribution >= 0.6 is 15.9 Å². The fourth-order valence-electron chi connectivity index (χ4n) is 1.52. The molecule has 2 aromatic rings. The van der Waals surface area contributed by atoms with Gasteiger partial charge in [-0.15, -0.1) is 0 Å². The largest absolute Gasteiger partial charge is 0.456 e. The maximum Gasteiger partial charge on any atom is 0.159 e. The zero-order valence-corrected chi connectivity index (χ0v) is 11.5. The first-order valence-electron chi connectivity index (χ1n) is 5.40. The Labute approximate surface area is 117 Å². The zero-order valence-electron chi connectivity index (χ0n) is 9.91. The van der Waals surface area contributed by atoms with Crippen LogP contribution in [0.5, 0.6) is 11.5 Å². The summed E-state index contributed by atoms with van der Waals surface area (Å²) in [4.78, 5) is 11.2. The molecule has 0 aliphatic rings. The fraction of sp³-hybridized carbons (Fsp3) is 0.0714. The van der Waals surface area contributed by atoms with Crippen LogP contribution < -0.4 is 4.74 Å². The second-order valence-corrected chi connectivity index (χ2v) is 4.76. The number of rotatable bonds is 3. The third kappa shape index (κ3) is 3.38. The van der Waals surface area contributed by atoms with Crippen LogP contribution in [-0.2, 0) is 0 Å². The lowest BCUT2D eigenvalue weighted by Crippen LogP contribution is -1.93. The normalized spacial score (nSPS) is 10.3. The number of benzene rings is 2. The van der Waals surface area contributed by atoms with Crippen molar-refractivity contribution < 1.29 is 18.3 Å². The number of ketones is 1. The Hall–Kier alpha value is -1.75. The lowest BCUT2D eigenvalue weighted by atomic mass is 10.1. The van der Waals surface area contributed by atoms with Gasteiger partial charge >= 0.3 is 0 Å². The molecule has 98 valence electrons. The molecule has 0 bridgehead atoms. The molecule has 19 heavy (non-hydrogen) atoms. The number of halogens is 3. The third-order valence-corrected chi connectivity index (χ3v) is 3.02. The summed E-state index contributed by atoms with van der Waals surface area (Å²) in [6.07, 6.45) is 0. The Morgan fingerprint density at radius 3 is 2.26 bits per heavy atom. The van der Waals surface area contributed by atoms with E-state index < -0.39 is 11.6 Å². The van der Waals surface area contributed by atoms with E-state index in [1.807, 2.05) is 0 Å². The number of hydrogen-bond donors (Lipinski definition) is 0. The molecule has 0 aliphatic heterocycles. The van der Waals surface area contributed by atoms with Crippen molar-refractivity contribution in [2.75, 3.05) is 0 Å². The Kier molecular flexibility index (Phi) is 3.95. The standard InChI is InChI=1S/C14H9BrF2O2/c1-8(18)9-2-3-14(13(15)4-9)19-12-6-10(16)5-11(17)7-12/h2-7H,1H3. The number of ether oxygens (including phenoxy) is 1. The molecule has 0 saturated carbocycles. The Balaban J connectivity index is 2.30. The van der Waals surface area contributed by atoms with Crippen LogP contribution in [0.1, 0.15) is 17.3 Å². The average molecular weight is 327 g/mol. The highest BCUT2D eigenvalue weighted by atomic mass is 79.9. The van der Waals surface area contributed by atoms with Gasteiger partial charge in [-0.2, -0.15) is 0 Å². The van der Waals surface area contributed by atoms with E-state index in [9.17, 15) is 13.6 Å². The summed E-state index contributed by atoms with van der Waals surface area (Å²) >= 11 is 3.25. The van der Waals surface area contributed by atoms with Gasteiger partial charge in [0.1, 0.15) is 23.1 Å². The number of carbonyl (C=O) groups is 1. The summed E-state index contributed by atoms with van der Waals surface area (Å²) in [6, 6.07) is 7.65. The highest BCUT2D eigenvalue weighted by Crippen LogP contribution is 2.31. The molecule has 0 amide bonds. The summed E-state index contributed by atoms with van der Waals surface area (Å²) in [5, 5.41) is 0. The molecule has 2 nitrogen and oxygen atoms in total. The van der Waals surface area contributed by atoms with E-state index in [0.717, 1.165) is 18.2 Å². The van der Waals surface area contributed by atoms with Gasteiger partial charge in [-0.25, -0.2) is 8.78 Å². The van der Waals surface area contributed by atoms with Crippen LogP contribution in [0.25, 0.3) is 0 Å². The molecule has 0 N–H and O–H groups in total. The van der Waals surface area contributed by atoms with E-state index in [-0.39, 0.29) is 11.5 Å². The number of carbonyl (C=O) groups excluding carboxylic acids is 1. The molecule has 2 aromatic carbocycles. The molecule has 5 heteroatoms. The second kappa shape index (κ2) is 5.48. The van der Waals surface area contributed by atoms with Gasteiger partial charge in [-0.1, -0.05) is 0 Å². The van der Waals surface area contributed by atoms with Crippen LogP contribution in [-0.4, -0.2) is 5.78 Å². The molecule has 2 rings (SSSR count). The molecular weight excluding hydrogens is 318 g/mol. The lowest BCUT2D eigenvalue weighted by molar-refractivity contribution is 0.101. The second-order valence-electron chi connectivity index (χ2n) is 3.91. The molecule has 0 fully saturated rings. The van der Waals surface area contributed by atoms with E-state index in [4.69, 9.17) is 4.74 Å². The first kappa shape index (κ1) is 13.7. The summed E-state index contributed by atoms with van der Waals surface area (Å²) in [6.45, 7) is 1.45. The fourth-order valence-corrected chi connectivity index (χ4v) is 1.98. The molecular formula is C14H9BrF2O2. The van der Waals surface area contributed by atoms with E-state index in [2.05, 4.69) is 15.9 Å². The van der Waals surface area contributed by atoms with E-state index in [0.29, 0.717) is 15.8 Å². The molecule has 0 spiro atoms. The molecule has 0 unspecified atom stereocenters. The van der Waals surface area contributed by atoms with Crippen molar-refractivity contribution in [3.8, 4) is 11.5 Å². The predicted octanol–water partition coefficient (Wildman–Crippen LogP) is 4.72. The van der Waals surface area contributed by atoms with Crippen molar-refractivity contribution in [1.82, 2.24) is 0 Å². The SMILES string of the molecule is CC(=O)c1ccc(Oc2cc(F)cc(F)c2)c(Br)c1. The summed E-state index contributed by atoms with van der Waals surface area (Å²) in [7, 11) is 0. The highest BCUT2D eigenvalue weighted by Gasteiger charge is 2.08. The molecule has 0 atom stereocenters. The van der Waals surface area contributed by atoms with Gasteiger partial charge in [0.15, 0.2) is 5.78 Å². The van der Waals surface area contributed by atoms with Gasteiger partial charge in [0.25, 0.3) is 0 Å². The smallest absolute Gasteiger partial charge is 0.159 e. The van der Waals surface area contributed by atoms with E-state index in [1.165, 1.54) is 6.92 Å². The van der Waals surface area contributed by atoms with Crippen molar-refractivity contribution >= 4 is 21.7 Å². The third-order valence-electron chi connectivity index (χ3n) is 2.40. The quantitative estimate of drug-likeness (QED) is 0.763. The van der Waals surface area contributed by atoms with Gasteiger partial charge in [-0.3, -0.25) is 4.79 Å². The first-order chi connectivity index (χ1) is 8.95. The van der Waals surface area contributed by atoms with Crippen LogP contribution in [0.4, 0.5) is 8.78 Å². The van der Waals surface area contributed by atoms with Crippen LogP contribution in [0.2, 0.25) is 0 Å². The zero-order chi connectivity index (χ0) is 14.0. The lowest BCUT2D eigenvalue weighted by Gasteiger charge is -2.09. The topological polar surface area (TPSA) is 26.3 Å². The van der Waals surface area contributed by atoms with E-state index in [1.54, 1.807) is 18.2 Å². The maximum absolute atomic E-state index is 13.0. The molecule has 0 aromatic heterocycles. The minimum absolute atomic E-state index is 0.0498. The Bertz CT molecular complexity index is 621. The Morgan fingerprint density at radius 2 is 1.74 bits per heavy atom. The van der Waals surface area contributed by atoms with Crippen LogP contribution in [0, 0.1) is 11.6 Å². The molecule has 0 aliphatic carbocycles. The number of Topliss-reactive ketones (excluding diaryl/α,β-unsaturated/α-hetero) is 1. The maximum atomic E-state index is 13.0. The summed E-state index contributed by atoms with van der Waals surface area (Å²) in [5.74, 6) is -1.09. The van der Waals surface area contributed by atoms with Crippen molar-refractivity contribution in [3.05, 3.63) is 58.1 Å². The first-order valence-corrected chi connectivity index (χ1v) is 6.19. The monoisotopic (exact) mass is 326 g/mol. The minimum atomic E-state index is -0.716. The number of hydrogen-bond acceptors (Lipinski definition) is 2. The van der Waals surface area contributed by atoms with Gasteiger partial charge in [-0.05, 0) is 41.1 Å². The molecule has 0 radical (unpaired) electrons. The van der Waals surface area contributed by atoms with Gasteiger partial charge in [0.2, 0.25) is 0 Å². The average Bonchev–Trinajstić information content (AvgIpc) is 2.30. The van der Waals surface area contributed by atoms with Gasteiger partial charge < -0.3 is 4.74 Å². The van der Waals surface area contributed by atoms with Crippen molar-refractivity contribution in [1.29, 1.82) is 0 Å². The molecule has 0 saturated heterocycles. The summed E-state index contributed by atoms with van der Waals surface area (Å²) < 4.78 is 31.9. The summed E-state index contributed by atoms with van der Waals surface area (Å²) in [5.41, 5.74) is 0.518. The van der Waals surface area contributed by atoms with Crippen LogP contribution in [0.3, 0.4) is 0 Å². The van der Waals surface area contributed by atoms with Gasteiger partial charge in [0.05, 0.1) is 4.47 Å². The van der Waals surface area contributed by atoms with Crippen molar-refractivity contribution in [2.45, 2.75) is 6.92 Å². The van der Waals surface area contributed by atoms with Gasteiger partial charge in [0, 0.05) is 23.8 Å².